The van der Waals surface area contributed by atoms with Crippen LogP contribution in [0, 0.1) is 12.7 Å². The van der Waals surface area contributed by atoms with Gasteiger partial charge in [-0.2, -0.15) is 0 Å². The van der Waals surface area contributed by atoms with E-state index < -0.39 is 47.5 Å². The van der Waals surface area contributed by atoms with Crippen molar-refractivity contribution in [3.8, 4) is 17.0 Å². The standard InChI is InChI=1S/C32H38F2N6O7/c1-16-19(12-36-27-26(16)40(8-9-45-27)30(43)47-32(5,6)7)18-10-17-11-23(38-28(41)37-22-15-44-14-21(22)33)35-13-20(17)25(24(18)34)39-29(42)46-31(2,3)4/h10-13,21-22H,8-9,14-15H2,1-7H3,(H,39,42)(H2,35,37,38,41)/t21-,22+/m0/s1. The number of halogens is 2. The zero-order chi connectivity index (χ0) is 34.3. The number of hydrogen-bond donors (Lipinski definition) is 3. The zero-order valence-corrected chi connectivity index (χ0v) is 27.2. The average molecular weight is 657 g/mol. The Labute approximate surface area is 270 Å². The van der Waals surface area contributed by atoms with E-state index in [4.69, 9.17) is 18.9 Å². The monoisotopic (exact) mass is 656 g/mol. The number of aromatic nitrogens is 2. The largest absolute Gasteiger partial charge is 0.474 e. The lowest BCUT2D eigenvalue weighted by Crippen LogP contribution is -2.43. The third-order valence-electron chi connectivity index (χ3n) is 7.16. The first-order valence-electron chi connectivity index (χ1n) is 15.1. The smallest absolute Gasteiger partial charge is 0.415 e. The molecule has 1 saturated heterocycles. The van der Waals surface area contributed by atoms with Gasteiger partial charge in [0.05, 0.1) is 31.5 Å². The molecular weight excluding hydrogens is 618 g/mol. The minimum Gasteiger partial charge on any atom is -0.474 e. The van der Waals surface area contributed by atoms with Crippen molar-refractivity contribution < 1.29 is 42.1 Å². The van der Waals surface area contributed by atoms with Gasteiger partial charge in [-0.3, -0.25) is 15.5 Å². The number of nitrogens with one attached hydrogen (secondary N) is 3. The van der Waals surface area contributed by atoms with Crippen LogP contribution in [-0.4, -0.2) is 78.0 Å². The van der Waals surface area contributed by atoms with Gasteiger partial charge in [0.25, 0.3) is 0 Å². The first-order chi connectivity index (χ1) is 22.0. The summed E-state index contributed by atoms with van der Waals surface area (Å²) in [6.07, 6.45) is -0.155. The van der Waals surface area contributed by atoms with E-state index in [-0.39, 0.29) is 54.7 Å². The Morgan fingerprint density at radius 1 is 0.979 bits per heavy atom. The fraction of sp³-hybridized carbons (Fsp3) is 0.469. The molecule has 2 aliphatic rings. The Balaban J connectivity index is 1.59. The van der Waals surface area contributed by atoms with Gasteiger partial charge in [-0.05, 0) is 71.5 Å². The minimum atomic E-state index is -1.34. The van der Waals surface area contributed by atoms with E-state index in [1.165, 1.54) is 29.4 Å². The molecule has 0 aliphatic carbocycles. The second kappa shape index (κ2) is 12.8. The number of carbonyl (C=O) groups excluding carboxylic acids is 3. The van der Waals surface area contributed by atoms with Crippen molar-refractivity contribution in [1.82, 2.24) is 15.3 Å². The van der Waals surface area contributed by atoms with Gasteiger partial charge in [0.15, 0.2) is 5.82 Å². The predicted octanol–water partition coefficient (Wildman–Crippen LogP) is 6.08. The normalized spacial score (nSPS) is 17.9. The summed E-state index contributed by atoms with van der Waals surface area (Å²) < 4.78 is 52.3. The SMILES string of the molecule is Cc1c(-c2cc3cc(NC(=O)N[C@@H]4COC[C@@H]4F)ncc3c(NC(=O)OC(C)(C)C)c2F)cnc2c1N(C(=O)OC(C)(C)C)CCO2. The second-order valence-corrected chi connectivity index (χ2v) is 13.2. The predicted molar refractivity (Wildman–Crippen MR) is 170 cm³/mol. The maximum atomic E-state index is 16.6. The maximum absolute atomic E-state index is 16.6. The summed E-state index contributed by atoms with van der Waals surface area (Å²) >= 11 is 0. The van der Waals surface area contributed by atoms with Crippen molar-refractivity contribution >= 4 is 46.2 Å². The number of anilines is 3. The summed E-state index contributed by atoms with van der Waals surface area (Å²) in [5, 5.41) is 8.16. The molecule has 2 atom stereocenters. The van der Waals surface area contributed by atoms with Gasteiger partial charge >= 0.3 is 18.2 Å². The van der Waals surface area contributed by atoms with E-state index in [0.717, 1.165) is 0 Å². The molecule has 2 aromatic heterocycles. The molecule has 0 bridgehead atoms. The van der Waals surface area contributed by atoms with Gasteiger partial charge < -0.3 is 24.3 Å². The molecule has 0 unspecified atom stereocenters. The molecule has 2 aliphatic heterocycles. The minimum absolute atomic E-state index is 0.0241. The number of amides is 4. The second-order valence-electron chi connectivity index (χ2n) is 13.2. The van der Waals surface area contributed by atoms with Gasteiger partial charge in [-0.1, -0.05) is 0 Å². The Kier molecular flexibility index (Phi) is 9.13. The van der Waals surface area contributed by atoms with Crippen LogP contribution in [0.5, 0.6) is 5.88 Å². The van der Waals surface area contributed by atoms with Crippen molar-refractivity contribution in [2.24, 2.45) is 0 Å². The Bertz CT molecular complexity index is 1720. The third-order valence-corrected chi connectivity index (χ3v) is 7.16. The molecule has 4 amide bonds. The topological polar surface area (TPSA) is 153 Å². The average Bonchev–Trinajstić information content (AvgIpc) is 3.36. The number of hydrogen-bond acceptors (Lipinski definition) is 9. The number of nitrogens with zero attached hydrogens (tertiary/aromatic N) is 3. The van der Waals surface area contributed by atoms with E-state index in [0.29, 0.717) is 22.2 Å². The van der Waals surface area contributed by atoms with E-state index in [9.17, 15) is 18.8 Å². The number of rotatable bonds is 4. The van der Waals surface area contributed by atoms with Crippen LogP contribution in [0.3, 0.4) is 0 Å². The van der Waals surface area contributed by atoms with Crippen LogP contribution in [-0.2, 0) is 14.2 Å². The molecule has 1 aromatic carbocycles. The number of alkyl halides is 1. The Morgan fingerprint density at radius 2 is 1.70 bits per heavy atom. The van der Waals surface area contributed by atoms with Crippen molar-refractivity contribution in [3.05, 3.63) is 35.9 Å². The number of ether oxygens (including phenoxy) is 4. The van der Waals surface area contributed by atoms with Gasteiger partial charge in [-0.15, -0.1) is 0 Å². The quantitative estimate of drug-likeness (QED) is 0.303. The number of pyridine rings is 2. The highest BCUT2D eigenvalue weighted by Crippen LogP contribution is 2.42. The first-order valence-corrected chi connectivity index (χ1v) is 15.1. The van der Waals surface area contributed by atoms with Crippen molar-refractivity contribution in [1.29, 1.82) is 0 Å². The van der Waals surface area contributed by atoms with Crippen molar-refractivity contribution in [3.63, 3.8) is 0 Å². The van der Waals surface area contributed by atoms with Crippen LogP contribution in [0.15, 0.2) is 24.5 Å². The summed E-state index contributed by atoms with van der Waals surface area (Å²) in [6, 6.07) is 1.47. The number of fused-ring (bicyclic) bond motifs is 2. The Morgan fingerprint density at radius 3 is 2.36 bits per heavy atom. The van der Waals surface area contributed by atoms with Crippen LogP contribution in [0.2, 0.25) is 0 Å². The lowest BCUT2D eigenvalue weighted by molar-refractivity contribution is 0.0564. The third kappa shape index (κ3) is 7.62. The first kappa shape index (κ1) is 33.6. The van der Waals surface area contributed by atoms with E-state index in [1.807, 2.05) is 0 Å². The lowest BCUT2D eigenvalue weighted by Gasteiger charge is -2.32. The fourth-order valence-electron chi connectivity index (χ4n) is 5.15. The molecule has 3 aromatic rings. The highest BCUT2D eigenvalue weighted by Gasteiger charge is 2.33. The zero-order valence-electron chi connectivity index (χ0n) is 27.2. The fourth-order valence-corrected chi connectivity index (χ4v) is 5.15. The Hall–Kier alpha value is -4.79. The van der Waals surface area contributed by atoms with E-state index >= 15 is 4.39 Å². The van der Waals surface area contributed by atoms with Gasteiger partial charge in [0, 0.05) is 28.9 Å². The van der Waals surface area contributed by atoms with Crippen LogP contribution in [0.1, 0.15) is 47.1 Å². The molecule has 47 heavy (non-hydrogen) atoms. The summed E-state index contributed by atoms with van der Waals surface area (Å²) in [7, 11) is 0. The molecule has 1 fully saturated rings. The van der Waals surface area contributed by atoms with Gasteiger partial charge in [-0.25, -0.2) is 33.1 Å². The molecule has 3 N–H and O–H groups in total. The molecule has 15 heteroatoms. The molecule has 0 radical (unpaired) electrons. The summed E-state index contributed by atoms with van der Waals surface area (Å²) in [6.45, 7) is 12.2. The van der Waals surface area contributed by atoms with Crippen molar-refractivity contribution in [2.75, 3.05) is 41.9 Å². The van der Waals surface area contributed by atoms with Gasteiger partial charge in [0.1, 0.15) is 35.5 Å². The molecule has 13 nitrogen and oxygen atoms in total. The van der Waals surface area contributed by atoms with Crippen LogP contribution >= 0.6 is 0 Å². The highest BCUT2D eigenvalue weighted by molar-refractivity contribution is 6.05. The number of benzene rings is 1. The molecule has 4 heterocycles. The highest BCUT2D eigenvalue weighted by atomic mass is 19.1. The summed E-state index contributed by atoms with van der Waals surface area (Å²) in [4.78, 5) is 48.6. The van der Waals surface area contributed by atoms with Gasteiger partial charge in [0.2, 0.25) is 5.88 Å². The van der Waals surface area contributed by atoms with Crippen molar-refractivity contribution in [2.45, 2.75) is 71.9 Å². The molecule has 252 valence electrons. The molecule has 0 spiro atoms. The summed E-state index contributed by atoms with van der Waals surface area (Å²) in [5.41, 5.74) is -0.755. The summed E-state index contributed by atoms with van der Waals surface area (Å²) in [5.74, 6) is -0.555. The van der Waals surface area contributed by atoms with E-state index in [2.05, 4.69) is 25.9 Å². The van der Waals surface area contributed by atoms with E-state index in [1.54, 1.807) is 48.5 Å². The number of urea groups is 1. The van der Waals surface area contributed by atoms with Crippen LogP contribution in [0.25, 0.3) is 21.9 Å². The van der Waals surface area contributed by atoms with Crippen LogP contribution < -0.4 is 25.6 Å². The lowest BCUT2D eigenvalue weighted by atomic mass is 9.96. The molecular formula is C32H38F2N6O7. The molecule has 5 rings (SSSR count). The maximum Gasteiger partial charge on any atom is 0.415 e. The number of carbonyl (C=O) groups is 3. The van der Waals surface area contributed by atoms with Crippen LogP contribution in [0.4, 0.5) is 40.4 Å². The molecule has 0 saturated carbocycles.